The summed E-state index contributed by atoms with van der Waals surface area (Å²) >= 11 is 3.64. The van der Waals surface area contributed by atoms with Crippen LogP contribution in [0.15, 0.2) is 16.6 Å². The van der Waals surface area contributed by atoms with Crippen LogP contribution in [0.3, 0.4) is 0 Å². The fourth-order valence-electron chi connectivity index (χ4n) is 2.99. The molecule has 0 spiro atoms. The van der Waals surface area contributed by atoms with E-state index in [1.165, 1.54) is 11.1 Å². The normalized spacial score (nSPS) is 23.9. The van der Waals surface area contributed by atoms with E-state index >= 15 is 0 Å². The first-order chi connectivity index (χ1) is 9.58. The Morgan fingerprint density at radius 3 is 2.80 bits per heavy atom. The van der Waals surface area contributed by atoms with Gasteiger partial charge in [-0.25, -0.2) is 0 Å². The van der Waals surface area contributed by atoms with Crippen molar-refractivity contribution in [3.05, 3.63) is 27.7 Å². The smallest absolute Gasteiger partial charge is 0.123 e. The van der Waals surface area contributed by atoms with Gasteiger partial charge in [-0.15, -0.1) is 0 Å². The van der Waals surface area contributed by atoms with Crippen molar-refractivity contribution < 1.29 is 9.47 Å². The molecule has 1 aromatic carbocycles. The molecule has 3 unspecified atom stereocenters. The van der Waals surface area contributed by atoms with Gasteiger partial charge in [0.2, 0.25) is 0 Å². The van der Waals surface area contributed by atoms with Gasteiger partial charge in [-0.1, -0.05) is 22.9 Å². The highest BCUT2D eigenvalue weighted by atomic mass is 79.9. The number of methoxy groups -OCH3 is 1. The first kappa shape index (κ1) is 15.8. The van der Waals surface area contributed by atoms with Gasteiger partial charge in [-0.3, -0.25) is 0 Å². The van der Waals surface area contributed by atoms with Crippen molar-refractivity contribution >= 4 is 15.9 Å². The van der Waals surface area contributed by atoms with Crippen molar-refractivity contribution in [3.63, 3.8) is 0 Å². The fourth-order valence-corrected chi connectivity index (χ4v) is 3.35. The SMILES string of the molecule is CCNC(c1cc(Br)c(C)cc1OC)C1CCOC1C. The van der Waals surface area contributed by atoms with E-state index in [0.717, 1.165) is 29.8 Å². The largest absolute Gasteiger partial charge is 0.496 e. The summed E-state index contributed by atoms with van der Waals surface area (Å²) in [7, 11) is 1.74. The Labute approximate surface area is 130 Å². The molecule has 1 fully saturated rings. The van der Waals surface area contributed by atoms with Crippen LogP contribution < -0.4 is 10.1 Å². The molecule has 3 atom stereocenters. The van der Waals surface area contributed by atoms with E-state index in [9.17, 15) is 0 Å². The van der Waals surface area contributed by atoms with E-state index in [1.54, 1.807) is 7.11 Å². The maximum atomic E-state index is 5.75. The fraction of sp³-hybridized carbons (Fsp3) is 0.625. The molecule has 1 N–H and O–H groups in total. The third-order valence-electron chi connectivity index (χ3n) is 4.13. The number of hydrogen-bond acceptors (Lipinski definition) is 3. The van der Waals surface area contributed by atoms with Gasteiger partial charge in [0, 0.05) is 28.6 Å². The molecule has 0 aliphatic carbocycles. The highest BCUT2D eigenvalue weighted by Crippen LogP contribution is 2.39. The standard InChI is InChI=1S/C16H24BrNO2/c1-5-18-16(12-6-7-20-11(12)3)13-9-14(17)10(2)8-15(13)19-4/h8-9,11-12,16,18H,5-7H2,1-4H3. The van der Waals surface area contributed by atoms with Gasteiger partial charge in [-0.05, 0) is 44.5 Å². The average molecular weight is 342 g/mol. The van der Waals surface area contributed by atoms with Crippen LogP contribution in [0.2, 0.25) is 0 Å². The van der Waals surface area contributed by atoms with Crippen molar-refractivity contribution in [1.29, 1.82) is 0 Å². The lowest BCUT2D eigenvalue weighted by Gasteiger charge is -2.28. The third-order valence-corrected chi connectivity index (χ3v) is 4.99. The number of benzene rings is 1. The van der Waals surface area contributed by atoms with E-state index in [-0.39, 0.29) is 12.1 Å². The topological polar surface area (TPSA) is 30.5 Å². The van der Waals surface area contributed by atoms with Gasteiger partial charge in [0.15, 0.2) is 0 Å². The van der Waals surface area contributed by atoms with Crippen molar-refractivity contribution in [3.8, 4) is 5.75 Å². The van der Waals surface area contributed by atoms with Crippen LogP contribution in [0.5, 0.6) is 5.75 Å². The Hall–Kier alpha value is -0.580. The average Bonchev–Trinajstić information content (AvgIpc) is 2.85. The molecule has 4 heteroatoms. The van der Waals surface area contributed by atoms with Crippen molar-refractivity contribution in [2.75, 3.05) is 20.3 Å². The number of rotatable bonds is 5. The number of ether oxygens (including phenoxy) is 2. The van der Waals surface area contributed by atoms with E-state index in [4.69, 9.17) is 9.47 Å². The first-order valence-corrected chi connectivity index (χ1v) is 8.06. The second kappa shape index (κ2) is 6.92. The lowest BCUT2D eigenvalue weighted by atomic mass is 9.87. The molecule has 1 saturated heterocycles. The predicted molar refractivity (Wildman–Crippen MR) is 85.4 cm³/mol. The molecule has 0 bridgehead atoms. The summed E-state index contributed by atoms with van der Waals surface area (Å²) in [6, 6.07) is 4.56. The van der Waals surface area contributed by atoms with Crippen LogP contribution in [-0.2, 0) is 4.74 Å². The molecule has 0 saturated carbocycles. The molecule has 0 aromatic heterocycles. The molecule has 1 aromatic rings. The Morgan fingerprint density at radius 1 is 1.50 bits per heavy atom. The van der Waals surface area contributed by atoms with Gasteiger partial charge in [0.25, 0.3) is 0 Å². The third kappa shape index (κ3) is 3.18. The van der Waals surface area contributed by atoms with Crippen LogP contribution in [0.4, 0.5) is 0 Å². The summed E-state index contributed by atoms with van der Waals surface area (Å²) in [6.45, 7) is 8.17. The van der Waals surface area contributed by atoms with Gasteiger partial charge >= 0.3 is 0 Å². The first-order valence-electron chi connectivity index (χ1n) is 7.27. The molecule has 112 valence electrons. The second-order valence-corrected chi connectivity index (χ2v) is 6.26. The summed E-state index contributed by atoms with van der Waals surface area (Å²) in [5.74, 6) is 1.44. The van der Waals surface area contributed by atoms with Gasteiger partial charge in [0.1, 0.15) is 5.75 Å². The van der Waals surface area contributed by atoms with Gasteiger partial charge in [-0.2, -0.15) is 0 Å². The summed E-state index contributed by atoms with van der Waals surface area (Å²) in [5.41, 5.74) is 2.41. The Kier molecular flexibility index (Phi) is 5.47. The number of nitrogens with one attached hydrogen (secondary N) is 1. The summed E-state index contributed by atoms with van der Waals surface area (Å²) in [5, 5.41) is 3.61. The zero-order chi connectivity index (χ0) is 14.7. The van der Waals surface area contributed by atoms with Crippen LogP contribution in [0, 0.1) is 12.8 Å². The van der Waals surface area contributed by atoms with Crippen LogP contribution >= 0.6 is 15.9 Å². The van der Waals surface area contributed by atoms with E-state index < -0.39 is 0 Å². The molecular formula is C16H24BrNO2. The maximum absolute atomic E-state index is 5.75. The predicted octanol–water partition coefficient (Wildman–Crippen LogP) is 3.84. The van der Waals surface area contributed by atoms with Crippen molar-refractivity contribution in [2.24, 2.45) is 5.92 Å². The molecule has 0 amide bonds. The number of aryl methyl sites for hydroxylation is 1. The van der Waals surface area contributed by atoms with Crippen LogP contribution in [0.1, 0.15) is 37.4 Å². The Bertz CT molecular complexity index is 464. The summed E-state index contributed by atoms with van der Waals surface area (Å²) < 4.78 is 12.5. The monoisotopic (exact) mass is 341 g/mol. The van der Waals surface area contributed by atoms with E-state index in [0.29, 0.717) is 5.92 Å². The van der Waals surface area contributed by atoms with E-state index in [2.05, 4.69) is 54.2 Å². The lowest BCUT2D eigenvalue weighted by Crippen LogP contribution is -2.32. The molecule has 3 nitrogen and oxygen atoms in total. The van der Waals surface area contributed by atoms with E-state index in [1.807, 2.05) is 0 Å². The van der Waals surface area contributed by atoms with Crippen LogP contribution in [-0.4, -0.2) is 26.4 Å². The molecule has 2 rings (SSSR count). The van der Waals surface area contributed by atoms with Crippen LogP contribution in [0.25, 0.3) is 0 Å². The Balaban J connectivity index is 2.40. The molecule has 1 heterocycles. The molecule has 0 radical (unpaired) electrons. The minimum atomic E-state index is 0.268. The Morgan fingerprint density at radius 2 is 2.25 bits per heavy atom. The molecule has 1 aliphatic rings. The quantitative estimate of drug-likeness (QED) is 0.882. The highest BCUT2D eigenvalue weighted by molar-refractivity contribution is 9.10. The zero-order valence-corrected chi connectivity index (χ0v) is 14.3. The minimum Gasteiger partial charge on any atom is -0.496 e. The van der Waals surface area contributed by atoms with Gasteiger partial charge in [0.05, 0.1) is 13.2 Å². The second-order valence-electron chi connectivity index (χ2n) is 5.41. The molecular weight excluding hydrogens is 318 g/mol. The highest BCUT2D eigenvalue weighted by Gasteiger charge is 2.34. The minimum absolute atomic E-state index is 0.268. The van der Waals surface area contributed by atoms with Crippen molar-refractivity contribution in [2.45, 2.75) is 39.3 Å². The lowest BCUT2D eigenvalue weighted by molar-refractivity contribution is 0.0952. The zero-order valence-electron chi connectivity index (χ0n) is 12.7. The maximum Gasteiger partial charge on any atom is 0.123 e. The van der Waals surface area contributed by atoms with Gasteiger partial charge < -0.3 is 14.8 Å². The van der Waals surface area contributed by atoms with Crippen molar-refractivity contribution in [1.82, 2.24) is 5.32 Å². The number of halogens is 1. The summed E-state index contributed by atoms with van der Waals surface area (Å²) in [4.78, 5) is 0. The number of hydrogen-bond donors (Lipinski definition) is 1. The summed E-state index contributed by atoms with van der Waals surface area (Å²) in [6.07, 6.45) is 1.37. The molecule has 1 aliphatic heterocycles. The molecule has 20 heavy (non-hydrogen) atoms.